The number of benzene rings is 1. The topological polar surface area (TPSA) is 64.1 Å². The van der Waals surface area contributed by atoms with E-state index in [0.717, 1.165) is 10.8 Å². The van der Waals surface area contributed by atoms with Gasteiger partial charge in [-0.15, -0.1) is 10.2 Å². The van der Waals surface area contributed by atoms with Crippen LogP contribution in [0, 0.1) is 13.8 Å². The lowest BCUT2D eigenvalue weighted by Gasteiger charge is -2.06. The molecular formula is C15H19N3O2S. The van der Waals surface area contributed by atoms with Gasteiger partial charge in [0, 0.05) is 12.8 Å². The van der Waals surface area contributed by atoms with Crippen LogP contribution in [0.3, 0.4) is 0 Å². The molecule has 1 heterocycles. The van der Waals surface area contributed by atoms with Crippen LogP contribution in [0.4, 0.5) is 5.13 Å². The van der Waals surface area contributed by atoms with Crippen LogP contribution in [0.25, 0.3) is 0 Å². The van der Waals surface area contributed by atoms with Gasteiger partial charge >= 0.3 is 0 Å². The zero-order valence-corrected chi connectivity index (χ0v) is 13.3. The summed E-state index contributed by atoms with van der Waals surface area (Å²) in [7, 11) is 0. The van der Waals surface area contributed by atoms with E-state index in [1.54, 1.807) is 6.92 Å². The molecule has 0 saturated heterocycles. The summed E-state index contributed by atoms with van der Waals surface area (Å²) in [5.74, 6) is 0.820. The maximum absolute atomic E-state index is 11.3. The first-order chi connectivity index (χ1) is 10.1. The van der Waals surface area contributed by atoms with E-state index in [2.05, 4.69) is 21.6 Å². The number of amides is 1. The molecular weight excluding hydrogens is 286 g/mol. The molecule has 2 aromatic rings. The highest BCUT2D eigenvalue weighted by Crippen LogP contribution is 2.18. The molecule has 0 aliphatic carbocycles. The number of nitrogens with zero attached hydrogens (tertiary/aromatic N) is 2. The number of anilines is 1. The highest BCUT2D eigenvalue weighted by Gasteiger charge is 2.07. The number of rotatable bonds is 6. The van der Waals surface area contributed by atoms with Gasteiger partial charge in [-0.05, 0) is 37.1 Å². The SMILES string of the molecule is CCC(=O)Nc1nnc(CCOc2cc(C)cc(C)c2)s1. The number of aromatic nitrogens is 2. The Hall–Kier alpha value is -1.95. The number of hydrogen-bond acceptors (Lipinski definition) is 5. The van der Waals surface area contributed by atoms with Gasteiger partial charge in [-0.2, -0.15) is 0 Å². The fourth-order valence-corrected chi connectivity index (χ4v) is 2.62. The fraction of sp³-hybridized carbons (Fsp3) is 0.400. The summed E-state index contributed by atoms with van der Waals surface area (Å²) in [6.45, 7) is 6.44. The minimum atomic E-state index is -0.0517. The Bertz CT molecular complexity index is 605. The van der Waals surface area contributed by atoms with Crippen molar-refractivity contribution in [3.63, 3.8) is 0 Å². The average Bonchev–Trinajstić information content (AvgIpc) is 2.85. The van der Waals surface area contributed by atoms with Crippen LogP contribution in [-0.4, -0.2) is 22.7 Å². The van der Waals surface area contributed by atoms with Gasteiger partial charge in [0.15, 0.2) is 0 Å². The van der Waals surface area contributed by atoms with Crippen LogP contribution in [0.2, 0.25) is 0 Å². The Balaban J connectivity index is 1.84. The molecule has 1 aromatic heterocycles. The second kappa shape index (κ2) is 7.17. The van der Waals surface area contributed by atoms with Gasteiger partial charge in [0.1, 0.15) is 10.8 Å². The predicted molar refractivity (Wildman–Crippen MR) is 83.9 cm³/mol. The maximum Gasteiger partial charge on any atom is 0.225 e. The van der Waals surface area contributed by atoms with Crippen molar-refractivity contribution in [2.45, 2.75) is 33.6 Å². The molecule has 1 amide bonds. The van der Waals surface area contributed by atoms with Crippen LogP contribution >= 0.6 is 11.3 Å². The van der Waals surface area contributed by atoms with Gasteiger partial charge in [0.2, 0.25) is 11.0 Å². The van der Waals surface area contributed by atoms with Gasteiger partial charge in [-0.25, -0.2) is 0 Å². The molecule has 112 valence electrons. The number of ether oxygens (including phenoxy) is 1. The second-order valence-corrected chi connectivity index (χ2v) is 5.89. The quantitative estimate of drug-likeness (QED) is 0.890. The van der Waals surface area contributed by atoms with Crippen molar-refractivity contribution in [1.29, 1.82) is 0 Å². The number of carbonyl (C=O) groups excluding carboxylic acids is 1. The summed E-state index contributed by atoms with van der Waals surface area (Å²) >= 11 is 1.38. The normalized spacial score (nSPS) is 10.4. The summed E-state index contributed by atoms with van der Waals surface area (Å²) in [6, 6.07) is 6.14. The third kappa shape index (κ3) is 4.82. The highest BCUT2D eigenvalue weighted by atomic mass is 32.1. The zero-order chi connectivity index (χ0) is 15.2. The van der Waals surface area contributed by atoms with Crippen molar-refractivity contribution in [3.8, 4) is 5.75 Å². The van der Waals surface area contributed by atoms with Crippen molar-refractivity contribution >= 4 is 22.4 Å². The molecule has 0 radical (unpaired) electrons. The number of aryl methyl sites for hydroxylation is 2. The van der Waals surface area contributed by atoms with Crippen molar-refractivity contribution < 1.29 is 9.53 Å². The Morgan fingerprint density at radius 2 is 1.95 bits per heavy atom. The van der Waals surface area contributed by atoms with Crippen molar-refractivity contribution in [2.24, 2.45) is 0 Å². The third-order valence-corrected chi connectivity index (χ3v) is 3.71. The third-order valence-electron chi connectivity index (χ3n) is 2.81. The molecule has 6 heteroatoms. The molecule has 0 atom stereocenters. The van der Waals surface area contributed by atoms with Gasteiger partial charge in [0.05, 0.1) is 6.61 Å². The van der Waals surface area contributed by atoms with Gasteiger partial charge in [0.25, 0.3) is 0 Å². The Labute approximate surface area is 128 Å². The summed E-state index contributed by atoms with van der Waals surface area (Å²) in [5.41, 5.74) is 2.37. The molecule has 0 bridgehead atoms. The summed E-state index contributed by atoms with van der Waals surface area (Å²) in [4.78, 5) is 11.3. The summed E-state index contributed by atoms with van der Waals surface area (Å²) in [5, 5.41) is 12.1. The van der Waals surface area contributed by atoms with E-state index in [-0.39, 0.29) is 5.91 Å². The van der Waals surface area contributed by atoms with E-state index in [1.165, 1.54) is 22.5 Å². The minimum absolute atomic E-state index is 0.0517. The standard InChI is InChI=1S/C15H19N3O2S/c1-4-13(19)16-15-18-17-14(21-15)5-6-20-12-8-10(2)7-11(3)9-12/h7-9H,4-6H2,1-3H3,(H,16,18,19). The molecule has 1 aromatic carbocycles. The molecule has 0 aliphatic rings. The average molecular weight is 305 g/mol. The van der Waals surface area contributed by atoms with Crippen molar-refractivity contribution in [3.05, 3.63) is 34.3 Å². The van der Waals surface area contributed by atoms with E-state index >= 15 is 0 Å². The molecule has 0 aliphatic heterocycles. The Morgan fingerprint density at radius 3 is 2.62 bits per heavy atom. The van der Waals surface area contributed by atoms with Crippen LogP contribution in [0.15, 0.2) is 18.2 Å². The fourth-order valence-electron chi connectivity index (χ4n) is 1.89. The van der Waals surface area contributed by atoms with E-state index in [0.29, 0.717) is 24.6 Å². The molecule has 0 unspecified atom stereocenters. The molecule has 0 saturated carbocycles. The van der Waals surface area contributed by atoms with Crippen molar-refractivity contribution in [2.75, 3.05) is 11.9 Å². The molecule has 1 N–H and O–H groups in total. The van der Waals surface area contributed by atoms with E-state index < -0.39 is 0 Å². The highest BCUT2D eigenvalue weighted by molar-refractivity contribution is 7.15. The smallest absolute Gasteiger partial charge is 0.225 e. The van der Waals surface area contributed by atoms with E-state index in [4.69, 9.17) is 4.74 Å². The van der Waals surface area contributed by atoms with Gasteiger partial charge in [-0.3, -0.25) is 4.79 Å². The largest absolute Gasteiger partial charge is 0.493 e. The molecule has 0 fully saturated rings. The van der Waals surface area contributed by atoms with E-state index in [9.17, 15) is 4.79 Å². The second-order valence-electron chi connectivity index (χ2n) is 4.82. The molecule has 0 spiro atoms. The van der Waals surface area contributed by atoms with Gasteiger partial charge in [-0.1, -0.05) is 24.3 Å². The predicted octanol–water partition coefficient (Wildman–Crippen LogP) is 3.12. The Morgan fingerprint density at radius 1 is 1.24 bits per heavy atom. The van der Waals surface area contributed by atoms with E-state index in [1.807, 2.05) is 26.0 Å². The summed E-state index contributed by atoms with van der Waals surface area (Å²) in [6.07, 6.45) is 1.11. The number of nitrogens with one attached hydrogen (secondary N) is 1. The van der Waals surface area contributed by atoms with Crippen LogP contribution in [0.5, 0.6) is 5.75 Å². The first kappa shape index (κ1) is 15.4. The lowest BCUT2D eigenvalue weighted by atomic mass is 10.1. The first-order valence-electron chi connectivity index (χ1n) is 6.90. The lowest BCUT2D eigenvalue weighted by Crippen LogP contribution is -2.08. The summed E-state index contributed by atoms with van der Waals surface area (Å²) < 4.78 is 5.73. The van der Waals surface area contributed by atoms with Crippen LogP contribution < -0.4 is 10.1 Å². The zero-order valence-electron chi connectivity index (χ0n) is 12.5. The van der Waals surface area contributed by atoms with Crippen LogP contribution in [-0.2, 0) is 11.2 Å². The van der Waals surface area contributed by atoms with Crippen molar-refractivity contribution in [1.82, 2.24) is 10.2 Å². The van der Waals surface area contributed by atoms with Crippen LogP contribution in [0.1, 0.15) is 29.5 Å². The number of carbonyl (C=O) groups is 1. The number of hydrogen-bond donors (Lipinski definition) is 1. The maximum atomic E-state index is 11.3. The lowest BCUT2D eigenvalue weighted by molar-refractivity contribution is -0.115. The minimum Gasteiger partial charge on any atom is -0.493 e. The first-order valence-corrected chi connectivity index (χ1v) is 7.72. The molecule has 2 rings (SSSR count). The molecule has 21 heavy (non-hydrogen) atoms. The van der Waals surface area contributed by atoms with Gasteiger partial charge < -0.3 is 10.1 Å². The Kier molecular flexibility index (Phi) is 5.27. The molecule has 5 nitrogen and oxygen atoms in total. The monoisotopic (exact) mass is 305 g/mol.